The van der Waals surface area contributed by atoms with Gasteiger partial charge in [0.2, 0.25) is 5.91 Å². The number of piperidine rings is 1. The first-order chi connectivity index (χ1) is 8.88. The maximum atomic E-state index is 12.7. The summed E-state index contributed by atoms with van der Waals surface area (Å²) in [6.45, 7) is 0.275. The van der Waals surface area contributed by atoms with E-state index in [1.165, 1.54) is 4.90 Å². The molecule has 1 heterocycles. The molecule has 2 fully saturated rings. The summed E-state index contributed by atoms with van der Waals surface area (Å²) in [4.78, 5) is 13.5. The molecule has 0 radical (unpaired) electrons. The number of nitrogens with zero attached hydrogens (tertiary/aromatic N) is 1. The van der Waals surface area contributed by atoms with Crippen molar-refractivity contribution in [2.45, 2.75) is 50.7 Å². The Morgan fingerprint density at radius 1 is 1.20 bits per heavy atom. The normalized spacial score (nSPS) is 31.0. The fourth-order valence-corrected chi connectivity index (χ4v) is 3.14. The van der Waals surface area contributed by atoms with Crippen molar-refractivity contribution in [3.8, 4) is 0 Å². The molecule has 2 aliphatic rings. The number of alkyl halides is 3. The highest BCUT2D eigenvalue weighted by molar-refractivity contribution is 5.85. The first kappa shape index (κ1) is 17.6. The molecule has 3 nitrogen and oxygen atoms in total. The fourth-order valence-electron chi connectivity index (χ4n) is 3.14. The van der Waals surface area contributed by atoms with Crippen LogP contribution in [0.4, 0.5) is 13.2 Å². The van der Waals surface area contributed by atoms with Crippen LogP contribution in [0.1, 0.15) is 38.5 Å². The molecule has 0 bridgehead atoms. The Labute approximate surface area is 123 Å². The fraction of sp³-hybridized carbons (Fsp3) is 0.923. The first-order valence-corrected chi connectivity index (χ1v) is 6.98. The summed E-state index contributed by atoms with van der Waals surface area (Å²) in [6, 6.07) is 0.0344. The Hall–Kier alpha value is -0.490. The Morgan fingerprint density at radius 2 is 1.90 bits per heavy atom. The van der Waals surface area contributed by atoms with Crippen LogP contribution < -0.4 is 5.73 Å². The van der Waals surface area contributed by atoms with Crippen LogP contribution in [-0.2, 0) is 4.79 Å². The van der Waals surface area contributed by atoms with Crippen molar-refractivity contribution in [2.24, 2.45) is 17.6 Å². The number of amides is 1. The summed E-state index contributed by atoms with van der Waals surface area (Å²) >= 11 is 0. The standard InChI is InChI=1S/C13H21F3N2O.ClH/c14-13(15,16)10-4-2-6-18(8-10)12(19)7-9-3-1-5-11(9)17;/h9-11H,1-8,17H2;1H/t9-,10?,11+;/m0./s1. The lowest BCUT2D eigenvalue weighted by Crippen LogP contribution is -2.45. The molecule has 3 atom stereocenters. The molecule has 1 amide bonds. The van der Waals surface area contributed by atoms with Gasteiger partial charge in [-0.05, 0) is 31.6 Å². The number of carbonyl (C=O) groups excluding carboxylic acids is 1. The number of nitrogens with two attached hydrogens (primary N) is 1. The largest absolute Gasteiger partial charge is 0.393 e. The van der Waals surface area contributed by atoms with Gasteiger partial charge in [0.25, 0.3) is 0 Å². The van der Waals surface area contributed by atoms with E-state index in [9.17, 15) is 18.0 Å². The highest BCUT2D eigenvalue weighted by Gasteiger charge is 2.43. The monoisotopic (exact) mass is 314 g/mol. The number of hydrogen-bond donors (Lipinski definition) is 1. The van der Waals surface area contributed by atoms with Crippen LogP contribution in [0.3, 0.4) is 0 Å². The zero-order valence-corrected chi connectivity index (χ0v) is 12.2. The van der Waals surface area contributed by atoms with Gasteiger partial charge in [0.15, 0.2) is 0 Å². The van der Waals surface area contributed by atoms with Gasteiger partial charge < -0.3 is 10.6 Å². The van der Waals surface area contributed by atoms with Gasteiger partial charge in [0.1, 0.15) is 0 Å². The van der Waals surface area contributed by atoms with Crippen molar-refractivity contribution >= 4 is 18.3 Å². The van der Waals surface area contributed by atoms with Gasteiger partial charge in [-0.3, -0.25) is 4.79 Å². The minimum absolute atomic E-state index is 0. The number of hydrogen-bond acceptors (Lipinski definition) is 2. The van der Waals surface area contributed by atoms with Gasteiger partial charge in [-0.15, -0.1) is 12.4 Å². The summed E-state index contributed by atoms with van der Waals surface area (Å²) < 4.78 is 38.1. The predicted molar refractivity (Wildman–Crippen MR) is 72.5 cm³/mol. The number of halogens is 4. The number of rotatable bonds is 2. The molecule has 1 saturated carbocycles. The van der Waals surface area contributed by atoms with Crippen LogP contribution >= 0.6 is 12.4 Å². The molecule has 2 rings (SSSR count). The second kappa shape index (κ2) is 6.98. The SMILES string of the molecule is Cl.N[C@@H]1CCC[C@H]1CC(=O)N1CCCC(C(F)(F)F)C1. The van der Waals surface area contributed by atoms with Gasteiger partial charge in [-0.2, -0.15) is 13.2 Å². The smallest absolute Gasteiger partial charge is 0.342 e. The summed E-state index contributed by atoms with van der Waals surface area (Å²) in [5.74, 6) is -1.36. The van der Waals surface area contributed by atoms with Crippen molar-refractivity contribution in [2.75, 3.05) is 13.1 Å². The van der Waals surface area contributed by atoms with Crippen LogP contribution in [0.2, 0.25) is 0 Å². The molecular weight excluding hydrogens is 293 g/mol. The molecule has 1 unspecified atom stereocenters. The molecule has 1 aliphatic carbocycles. The maximum Gasteiger partial charge on any atom is 0.393 e. The van der Waals surface area contributed by atoms with E-state index in [1.807, 2.05) is 0 Å². The lowest BCUT2D eigenvalue weighted by molar-refractivity contribution is -0.188. The van der Waals surface area contributed by atoms with Crippen molar-refractivity contribution in [1.29, 1.82) is 0 Å². The molecule has 0 aromatic carbocycles. The molecule has 0 aromatic rings. The van der Waals surface area contributed by atoms with Gasteiger partial charge in [0.05, 0.1) is 5.92 Å². The second-order valence-electron chi connectivity index (χ2n) is 5.78. The molecular formula is C13H22ClF3N2O. The van der Waals surface area contributed by atoms with Gasteiger partial charge in [0, 0.05) is 25.6 Å². The Kier molecular flexibility index (Phi) is 6.13. The van der Waals surface area contributed by atoms with E-state index < -0.39 is 12.1 Å². The van der Waals surface area contributed by atoms with E-state index >= 15 is 0 Å². The summed E-state index contributed by atoms with van der Waals surface area (Å²) in [6.07, 6.45) is -0.450. The topological polar surface area (TPSA) is 46.3 Å². The molecule has 0 spiro atoms. The third-order valence-electron chi connectivity index (χ3n) is 4.39. The quantitative estimate of drug-likeness (QED) is 0.852. The van der Waals surface area contributed by atoms with Crippen LogP contribution in [0.25, 0.3) is 0 Å². The molecule has 118 valence electrons. The lowest BCUT2D eigenvalue weighted by Gasteiger charge is -2.34. The first-order valence-electron chi connectivity index (χ1n) is 6.98. The zero-order chi connectivity index (χ0) is 14.0. The van der Waals surface area contributed by atoms with Crippen LogP contribution in [-0.4, -0.2) is 36.1 Å². The van der Waals surface area contributed by atoms with Crippen LogP contribution in [0, 0.1) is 11.8 Å². The molecule has 1 saturated heterocycles. The molecule has 2 N–H and O–H groups in total. The van der Waals surface area contributed by atoms with Crippen LogP contribution in [0.5, 0.6) is 0 Å². The van der Waals surface area contributed by atoms with Gasteiger partial charge in [-0.1, -0.05) is 6.42 Å². The third kappa shape index (κ3) is 4.25. The summed E-state index contributed by atoms with van der Waals surface area (Å²) in [7, 11) is 0. The third-order valence-corrected chi connectivity index (χ3v) is 4.39. The molecule has 7 heteroatoms. The van der Waals surface area contributed by atoms with E-state index in [2.05, 4.69) is 0 Å². The Bertz CT molecular complexity index is 338. The van der Waals surface area contributed by atoms with Gasteiger partial charge >= 0.3 is 6.18 Å². The Morgan fingerprint density at radius 3 is 2.45 bits per heavy atom. The van der Waals surface area contributed by atoms with E-state index in [4.69, 9.17) is 5.73 Å². The zero-order valence-electron chi connectivity index (χ0n) is 11.4. The number of carbonyl (C=O) groups is 1. The predicted octanol–water partition coefficient (Wildman–Crippen LogP) is 2.73. The molecule has 1 aliphatic heterocycles. The summed E-state index contributed by atoms with van der Waals surface area (Å²) in [5, 5.41) is 0. The lowest BCUT2D eigenvalue weighted by atomic mass is 9.95. The maximum absolute atomic E-state index is 12.7. The number of likely N-dealkylation sites (tertiary alicyclic amines) is 1. The molecule has 0 aromatic heterocycles. The van der Waals surface area contributed by atoms with Crippen LogP contribution in [0.15, 0.2) is 0 Å². The minimum atomic E-state index is -4.19. The second-order valence-corrected chi connectivity index (χ2v) is 5.78. The van der Waals surface area contributed by atoms with Crippen molar-refractivity contribution < 1.29 is 18.0 Å². The van der Waals surface area contributed by atoms with Crippen molar-refractivity contribution in [1.82, 2.24) is 4.90 Å². The highest BCUT2D eigenvalue weighted by Crippen LogP contribution is 2.34. The van der Waals surface area contributed by atoms with E-state index in [0.29, 0.717) is 19.4 Å². The minimum Gasteiger partial charge on any atom is -0.342 e. The molecule has 20 heavy (non-hydrogen) atoms. The van der Waals surface area contributed by atoms with E-state index in [1.54, 1.807) is 0 Å². The average Bonchev–Trinajstić information content (AvgIpc) is 2.74. The van der Waals surface area contributed by atoms with Crippen molar-refractivity contribution in [3.63, 3.8) is 0 Å². The van der Waals surface area contributed by atoms with Crippen molar-refractivity contribution in [3.05, 3.63) is 0 Å². The van der Waals surface area contributed by atoms with Gasteiger partial charge in [-0.25, -0.2) is 0 Å². The average molecular weight is 315 g/mol. The highest BCUT2D eigenvalue weighted by atomic mass is 35.5. The Balaban J connectivity index is 0.00000200. The summed E-state index contributed by atoms with van der Waals surface area (Å²) in [5.41, 5.74) is 5.90. The van der Waals surface area contributed by atoms with E-state index in [-0.39, 0.29) is 43.2 Å². The van der Waals surface area contributed by atoms with E-state index in [0.717, 1.165) is 19.3 Å².